The van der Waals surface area contributed by atoms with Crippen LogP contribution in [0, 0.1) is 6.92 Å². The number of aromatic nitrogens is 3. The maximum absolute atomic E-state index is 13.5. The molecule has 0 bridgehead atoms. The molecule has 0 fully saturated rings. The number of nitrogens with one attached hydrogen (secondary N) is 1. The Kier molecular flexibility index (Phi) is 3.55. The topological polar surface area (TPSA) is 59.8 Å². The monoisotopic (exact) mass is 367 g/mol. The molecule has 0 saturated carbocycles. The minimum atomic E-state index is -0.284. The summed E-state index contributed by atoms with van der Waals surface area (Å²) in [6.45, 7) is 2.00. The van der Waals surface area contributed by atoms with Crippen molar-refractivity contribution in [2.24, 2.45) is 0 Å². The SMILES string of the molecule is Cc1ccc(-n2c(=O)n(-c3ccccc3)c3c(=O)c4ccccc4[nH]c32)cc1. The molecule has 28 heavy (non-hydrogen) atoms. The van der Waals surface area contributed by atoms with Gasteiger partial charge in [-0.1, -0.05) is 48.0 Å². The van der Waals surface area contributed by atoms with E-state index in [9.17, 15) is 9.59 Å². The van der Waals surface area contributed by atoms with Gasteiger partial charge in [0.2, 0.25) is 5.43 Å². The van der Waals surface area contributed by atoms with E-state index in [4.69, 9.17) is 0 Å². The first kappa shape index (κ1) is 16.3. The molecule has 5 aromatic rings. The van der Waals surface area contributed by atoms with Crippen LogP contribution >= 0.6 is 0 Å². The highest BCUT2D eigenvalue weighted by Gasteiger charge is 2.20. The Bertz CT molecular complexity index is 1440. The number of para-hydroxylation sites is 2. The smallest absolute Gasteiger partial charge is 0.339 e. The number of H-pyrrole nitrogens is 1. The fourth-order valence-corrected chi connectivity index (χ4v) is 3.62. The zero-order valence-electron chi connectivity index (χ0n) is 15.2. The number of hydrogen-bond acceptors (Lipinski definition) is 2. The molecule has 2 aromatic heterocycles. The van der Waals surface area contributed by atoms with Crippen molar-refractivity contribution in [2.45, 2.75) is 6.92 Å². The Morgan fingerprint density at radius 3 is 2.11 bits per heavy atom. The summed E-state index contributed by atoms with van der Waals surface area (Å²) >= 11 is 0. The van der Waals surface area contributed by atoms with Crippen molar-refractivity contribution in [3.05, 3.63) is 105 Å². The Balaban J connectivity index is 2.01. The van der Waals surface area contributed by atoms with Crippen molar-refractivity contribution in [1.82, 2.24) is 14.1 Å². The zero-order chi connectivity index (χ0) is 19.3. The number of hydrogen-bond donors (Lipinski definition) is 1. The fourth-order valence-electron chi connectivity index (χ4n) is 3.62. The van der Waals surface area contributed by atoms with Crippen LogP contribution in [-0.4, -0.2) is 14.1 Å². The average Bonchev–Trinajstić information content (AvgIpc) is 3.02. The molecule has 2 heterocycles. The van der Waals surface area contributed by atoms with Gasteiger partial charge < -0.3 is 4.98 Å². The lowest BCUT2D eigenvalue weighted by molar-refractivity contribution is 0.925. The summed E-state index contributed by atoms with van der Waals surface area (Å²) in [5.74, 6) is 0. The normalized spacial score (nSPS) is 11.3. The number of fused-ring (bicyclic) bond motifs is 2. The second kappa shape index (κ2) is 6.09. The molecule has 1 N–H and O–H groups in total. The minimum Gasteiger partial charge on any atom is -0.339 e. The molecular formula is C23H17N3O2. The third-order valence-corrected chi connectivity index (χ3v) is 5.00. The molecule has 5 nitrogen and oxygen atoms in total. The van der Waals surface area contributed by atoms with Gasteiger partial charge >= 0.3 is 5.69 Å². The molecule has 3 aromatic carbocycles. The highest BCUT2D eigenvalue weighted by Crippen LogP contribution is 2.20. The Morgan fingerprint density at radius 2 is 1.36 bits per heavy atom. The standard InChI is InChI=1S/C23H17N3O2/c1-15-11-13-17(14-12-15)26-22-20(21(27)18-9-5-6-10-19(18)24-22)25(23(26)28)16-7-3-2-4-8-16/h2-14H,1H3,(H,24,27). The van der Waals surface area contributed by atoms with Crippen molar-refractivity contribution < 1.29 is 0 Å². The summed E-state index contributed by atoms with van der Waals surface area (Å²) < 4.78 is 3.05. The highest BCUT2D eigenvalue weighted by molar-refractivity contribution is 5.91. The van der Waals surface area contributed by atoms with Crippen LogP contribution in [0.25, 0.3) is 33.4 Å². The number of benzene rings is 3. The Hall–Kier alpha value is -3.86. The van der Waals surface area contributed by atoms with Crippen LogP contribution in [-0.2, 0) is 0 Å². The van der Waals surface area contributed by atoms with Crippen molar-refractivity contribution in [3.63, 3.8) is 0 Å². The second-order valence-electron chi connectivity index (χ2n) is 6.82. The van der Waals surface area contributed by atoms with Crippen molar-refractivity contribution in [2.75, 3.05) is 0 Å². The first-order valence-electron chi connectivity index (χ1n) is 9.06. The average molecular weight is 367 g/mol. The van der Waals surface area contributed by atoms with Gasteiger partial charge in [0.15, 0.2) is 0 Å². The first-order chi connectivity index (χ1) is 13.6. The van der Waals surface area contributed by atoms with Gasteiger partial charge in [0, 0.05) is 5.39 Å². The van der Waals surface area contributed by atoms with Gasteiger partial charge in [0.25, 0.3) is 0 Å². The van der Waals surface area contributed by atoms with Crippen LogP contribution in [0.4, 0.5) is 0 Å². The molecule has 0 aliphatic carbocycles. The molecule has 136 valence electrons. The second-order valence-corrected chi connectivity index (χ2v) is 6.82. The fraction of sp³-hybridized carbons (Fsp3) is 0.0435. The third kappa shape index (κ3) is 2.33. The molecule has 0 amide bonds. The number of aryl methyl sites for hydroxylation is 1. The van der Waals surface area contributed by atoms with Crippen LogP contribution < -0.4 is 11.1 Å². The zero-order valence-corrected chi connectivity index (χ0v) is 15.2. The number of pyridine rings is 1. The third-order valence-electron chi connectivity index (χ3n) is 5.00. The van der Waals surface area contributed by atoms with E-state index in [0.29, 0.717) is 33.4 Å². The lowest BCUT2D eigenvalue weighted by Crippen LogP contribution is -2.22. The van der Waals surface area contributed by atoms with Gasteiger partial charge in [0.1, 0.15) is 11.2 Å². The molecule has 5 rings (SSSR count). The summed E-state index contributed by atoms with van der Waals surface area (Å²) in [6.07, 6.45) is 0. The molecule has 5 heteroatoms. The molecule has 0 saturated heterocycles. The van der Waals surface area contributed by atoms with Crippen LogP contribution in [0.15, 0.2) is 88.5 Å². The maximum atomic E-state index is 13.5. The van der Waals surface area contributed by atoms with Gasteiger partial charge in [-0.3, -0.25) is 9.36 Å². The summed E-state index contributed by atoms with van der Waals surface area (Å²) in [5.41, 5.74) is 3.54. The molecule has 0 aliphatic heterocycles. The van der Waals surface area contributed by atoms with E-state index in [1.165, 1.54) is 4.57 Å². The molecule has 0 spiro atoms. The van der Waals surface area contributed by atoms with E-state index < -0.39 is 0 Å². The molecule has 0 radical (unpaired) electrons. The van der Waals surface area contributed by atoms with E-state index >= 15 is 0 Å². The summed E-state index contributed by atoms with van der Waals surface area (Å²) in [4.78, 5) is 30.1. The lowest BCUT2D eigenvalue weighted by atomic mass is 10.2. The predicted octanol–water partition coefficient (Wildman–Crippen LogP) is 3.93. The first-order valence-corrected chi connectivity index (χ1v) is 9.06. The van der Waals surface area contributed by atoms with Gasteiger partial charge in [-0.25, -0.2) is 9.36 Å². The summed E-state index contributed by atoms with van der Waals surface area (Å²) in [7, 11) is 0. The van der Waals surface area contributed by atoms with E-state index in [2.05, 4.69) is 4.98 Å². The van der Waals surface area contributed by atoms with Crippen LogP contribution in [0.1, 0.15) is 5.56 Å². The minimum absolute atomic E-state index is 0.170. The number of aromatic amines is 1. The van der Waals surface area contributed by atoms with Gasteiger partial charge in [-0.2, -0.15) is 0 Å². The van der Waals surface area contributed by atoms with Gasteiger partial charge in [-0.15, -0.1) is 0 Å². The van der Waals surface area contributed by atoms with E-state index in [0.717, 1.165) is 5.56 Å². The summed E-state index contributed by atoms with van der Waals surface area (Å²) in [6, 6.07) is 24.2. The Morgan fingerprint density at radius 1 is 0.714 bits per heavy atom. The number of rotatable bonds is 2. The Labute approximate surface area is 160 Å². The van der Waals surface area contributed by atoms with E-state index in [1.54, 1.807) is 10.6 Å². The highest BCUT2D eigenvalue weighted by atomic mass is 16.2. The summed E-state index contributed by atoms with van der Waals surface area (Å²) in [5, 5.41) is 0.556. The van der Waals surface area contributed by atoms with Crippen LogP contribution in [0.5, 0.6) is 0 Å². The lowest BCUT2D eigenvalue weighted by Gasteiger charge is -2.05. The van der Waals surface area contributed by atoms with Crippen LogP contribution in [0.3, 0.4) is 0 Å². The van der Waals surface area contributed by atoms with Crippen molar-refractivity contribution in [3.8, 4) is 11.4 Å². The van der Waals surface area contributed by atoms with Crippen molar-refractivity contribution >= 4 is 22.1 Å². The molecular weight excluding hydrogens is 350 g/mol. The quantitative estimate of drug-likeness (QED) is 0.514. The van der Waals surface area contributed by atoms with Gasteiger partial charge in [-0.05, 0) is 43.3 Å². The molecule has 0 atom stereocenters. The van der Waals surface area contributed by atoms with E-state index in [1.807, 2.05) is 79.7 Å². The number of nitrogens with zero attached hydrogens (tertiary/aromatic N) is 2. The van der Waals surface area contributed by atoms with Crippen LogP contribution in [0.2, 0.25) is 0 Å². The van der Waals surface area contributed by atoms with Gasteiger partial charge in [0.05, 0.1) is 16.9 Å². The van der Waals surface area contributed by atoms with Crippen molar-refractivity contribution in [1.29, 1.82) is 0 Å². The molecule has 0 unspecified atom stereocenters. The molecule has 0 aliphatic rings. The maximum Gasteiger partial charge on any atom is 0.339 e. The predicted molar refractivity (Wildman–Crippen MR) is 112 cm³/mol. The van der Waals surface area contributed by atoms with E-state index in [-0.39, 0.29) is 11.1 Å². The number of imidazole rings is 1. The largest absolute Gasteiger partial charge is 0.339 e.